The highest BCUT2D eigenvalue weighted by Gasteiger charge is 2.18. The number of anilines is 2. The second-order valence-corrected chi connectivity index (χ2v) is 5.00. The van der Waals surface area contributed by atoms with Crippen molar-refractivity contribution in [3.05, 3.63) is 59.4 Å². The van der Waals surface area contributed by atoms with Crippen molar-refractivity contribution >= 4 is 11.4 Å². The SMILES string of the molecule is Nc1cccc2c1CCCN2Cc1ccc(F)cc1. The van der Waals surface area contributed by atoms with E-state index in [2.05, 4.69) is 11.0 Å². The molecule has 19 heavy (non-hydrogen) atoms. The molecule has 0 fully saturated rings. The third-order valence-electron chi connectivity index (χ3n) is 3.67. The molecule has 0 unspecified atom stereocenters. The third-order valence-corrected chi connectivity index (χ3v) is 3.67. The Morgan fingerprint density at radius 3 is 2.68 bits per heavy atom. The van der Waals surface area contributed by atoms with Gasteiger partial charge in [-0.05, 0) is 48.2 Å². The first-order valence-corrected chi connectivity index (χ1v) is 6.61. The molecule has 2 N–H and O–H groups in total. The van der Waals surface area contributed by atoms with Gasteiger partial charge in [0, 0.05) is 24.5 Å². The molecule has 2 nitrogen and oxygen atoms in total. The van der Waals surface area contributed by atoms with Crippen molar-refractivity contribution in [3.63, 3.8) is 0 Å². The van der Waals surface area contributed by atoms with Gasteiger partial charge in [-0.3, -0.25) is 0 Å². The Morgan fingerprint density at radius 2 is 1.89 bits per heavy atom. The molecule has 0 spiro atoms. The predicted molar refractivity (Wildman–Crippen MR) is 76.6 cm³/mol. The quantitative estimate of drug-likeness (QED) is 0.835. The zero-order valence-electron chi connectivity index (χ0n) is 10.8. The van der Waals surface area contributed by atoms with E-state index in [1.165, 1.54) is 23.4 Å². The van der Waals surface area contributed by atoms with E-state index in [4.69, 9.17) is 5.73 Å². The number of hydrogen-bond donors (Lipinski definition) is 1. The van der Waals surface area contributed by atoms with Crippen LogP contribution >= 0.6 is 0 Å². The highest BCUT2D eigenvalue weighted by atomic mass is 19.1. The molecule has 0 atom stereocenters. The summed E-state index contributed by atoms with van der Waals surface area (Å²) in [5.41, 5.74) is 10.5. The van der Waals surface area contributed by atoms with Gasteiger partial charge in [-0.25, -0.2) is 4.39 Å². The average Bonchev–Trinajstić information content (AvgIpc) is 2.43. The molecule has 1 aliphatic rings. The Bertz CT molecular complexity index is 578. The molecule has 2 aromatic rings. The lowest BCUT2D eigenvalue weighted by atomic mass is 9.99. The van der Waals surface area contributed by atoms with Crippen LogP contribution in [-0.2, 0) is 13.0 Å². The Kier molecular flexibility index (Phi) is 3.11. The number of nitrogens with zero attached hydrogens (tertiary/aromatic N) is 1. The van der Waals surface area contributed by atoms with E-state index in [0.717, 1.165) is 37.2 Å². The molecule has 0 saturated heterocycles. The summed E-state index contributed by atoms with van der Waals surface area (Å²) in [6, 6.07) is 12.8. The minimum atomic E-state index is -0.188. The summed E-state index contributed by atoms with van der Waals surface area (Å²) in [4.78, 5) is 2.32. The fourth-order valence-corrected chi connectivity index (χ4v) is 2.70. The van der Waals surface area contributed by atoms with Crippen molar-refractivity contribution < 1.29 is 4.39 Å². The van der Waals surface area contributed by atoms with Crippen LogP contribution in [0.5, 0.6) is 0 Å². The molecule has 3 heteroatoms. The molecular weight excluding hydrogens is 239 g/mol. The van der Waals surface area contributed by atoms with E-state index < -0.39 is 0 Å². The maximum absolute atomic E-state index is 12.9. The summed E-state index contributed by atoms with van der Waals surface area (Å²) < 4.78 is 12.9. The molecular formula is C16H17FN2. The summed E-state index contributed by atoms with van der Waals surface area (Å²) in [5, 5.41) is 0. The zero-order valence-corrected chi connectivity index (χ0v) is 10.8. The normalized spacial score (nSPS) is 14.3. The Balaban J connectivity index is 1.88. The van der Waals surface area contributed by atoms with Crippen molar-refractivity contribution in [3.8, 4) is 0 Å². The van der Waals surface area contributed by atoms with Gasteiger partial charge in [-0.15, -0.1) is 0 Å². The van der Waals surface area contributed by atoms with Crippen LogP contribution in [0.15, 0.2) is 42.5 Å². The minimum Gasteiger partial charge on any atom is -0.398 e. The van der Waals surface area contributed by atoms with Crippen LogP contribution in [0, 0.1) is 5.82 Å². The van der Waals surface area contributed by atoms with Gasteiger partial charge in [0.15, 0.2) is 0 Å². The summed E-state index contributed by atoms with van der Waals surface area (Å²) >= 11 is 0. The molecule has 0 aliphatic carbocycles. The van der Waals surface area contributed by atoms with Gasteiger partial charge in [0.2, 0.25) is 0 Å². The number of benzene rings is 2. The van der Waals surface area contributed by atoms with Crippen LogP contribution in [0.2, 0.25) is 0 Å². The molecule has 0 amide bonds. The van der Waals surface area contributed by atoms with Crippen LogP contribution in [0.1, 0.15) is 17.5 Å². The monoisotopic (exact) mass is 256 g/mol. The van der Waals surface area contributed by atoms with Crippen LogP contribution in [0.4, 0.5) is 15.8 Å². The summed E-state index contributed by atoms with van der Waals surface area (Å²) in [5.74, 6) is -0.188. The lowest BCUT2D eigenvalue weighted by molar-refractivity contribution is 0.626. The predicted octanol–water partition coefficient (Wildman–Crippen LogP) is 3.36. The number of nitrogen functional groups attached to an aromatic ring is 1. The van der Waals surface area contributed by atoms with E-state index in [1.54, 1.807) is 0 Å². The largest absolute Gasteiger partial charge is 0.398 e. The van der Waals surface area contributed by atoms with E-state index in [0.29, 0.717) is 0 Å². The number of hydrogen-bond acceptors (Lipinski definition) is 2. The van der Waals surface area contributed by atoms with Crippen LogP contribution in [0.3, 0.4) is 0 Å². The fourth-order valence-electron chi connectivity index (χ4n) is 2.70. The van der Waals surface area contributed by atoms with Crippen molar-refractivity contribution in [2.45, 2.75) is 19.4 Å². The molecule has 98 valence electrons. The first kappa shape index (κ1) is 12.0. The number of nitrogens with two attached hydrogens (primary N) is 1. The number of halogens is 1. The average molecular weight is 256 g/mol. The summed E-state index contributed by atoms with van der Waals surface area (Å²) in [6.07, 6.45) is 2.16. The van der Waals surface area contributed by atoms with Crippen LogP contribution < -0.4 is 10.6 Å². The van der Waals surface area contributed by atoms with Gasteiger partial charge >= 0.3 is 0 Å². The van der Waals surface area contributed by atoms with Crippen molar-refractivity contribution in [2.24, 2.45) is 0 Å². The first-order chi connectivity index (χ1) is 9.24. The van der Waals surface area contributed by atoms with E-state index in [1.807, 2.05) is 24.3 Å². The molecule has 1 heterocycles. The minimum absolute atomic E-state index is 0.188. The number of rotatable bonds is 2. The van der Waals surface area contributed by atoms with Gasteiger partial charge < -0.3 is 10.6 Å². The maximum Gasteiger partial charge on any atom is 0.123 e. The maximum atomic E-state index is 12.9. The highest BCUT2D eigenvalue weighted by Crippen LogP contribution is 2.32. The number of fused-ring (bicyclic) bond motifs is 1. The Hall–Kier alpha value is -2.03. The zero-order chi connectivity index (χ0) is 13.2. The Morgan fingerprint density at radius 1 is 1.11 bits per heavy atom. The second kappa shape index (κ2) is 4.92. The second-order valence-electron chi connectivity index (χ2n) is 5.00. The van der Waals surface area contributed by atoms with Gasteiger partial charge in [0.25, 0.3) is 0 Å². The van der Waals surface area contributed by atoms with E-state index >= 15 is 0 Å². The van der Waals surface area contributed by atoms with Gasteiger partial charge in [0.1, 0.15) is 5.82 Å². The Labute approximate surface area is 112 Å². The van der Waals surface area contributed by atoms with E-state index in [9.17, 15) is 4.39 Å². The summed E-state index contributed by atoms with van der Waals surface area (Å²) in [6.45, 7) is 1.82. The topological polar surface area (TPSA) is 29.3 Å². The molecule has 2 aromatic carbocycles. The lowest BCUT2D eigenvalue weighted by Gasteiger charge is -2.32. The highest BCUT2D eigenvalue weighted by molar-refractivity contribution is 5.66. The molecule has 0 bridgehead atoms. The van der Waals surface area contributed by atoms with Gasteiger partial charge in [-0.2, -0.15) is 0 Å². The standard InChI is InChI=1S/C16H17FN2/c17-13-8-6-12(7-9-13)11-19-10-2-3-14-15(18)4-1-5-16(14)19/h1,4-9H,2-3,10-11,18H2. The third kappa shape index (κ3) is 2.41. The molecule has 3 rings (SSSR count). The van der Waals surface area contributed by atoms with Crippen LogP contribution in [0.25, 0.3) is 0 Å². The van der Waals surface area contributed by atoms with Crippen LogP contribution in [-0.4, -0.2) is 6.54 Å². The first-order valence-electron chi connectivity index (χ1n) is 6.61. The molecule has 0 aromatic heterocycles. The fraction of sp³-hybridized carbons (Fsp3) is 0.250. The van der Waals surface area contributed by atoms with E-state index in [-0.39, 0.29) is 5.82 Å². The summed E-state index contributed by atoms with van der Waals surface area (Å²) in [7, 11) is 0. The van der Waals surface area contributed by atoms with Crippen molar-refractivity contribution in [1.29, 1.82) is 0 Å². The lowest BCUT2D eigenvalue weighted by Crippen LogP contribution is -2.29. The molecule has 0 saturated carbocycles. The van der Waals surface area contributed by atoms with Gasteiger partial charge in [0.05, 0.1) is 0 Å². The molecule has 0 radical (unpaired) electrons. The van der Waals surface area contributed by atoms with Crippen molar-refractivity contribution in [2.75, 3.05) is 17.2 Å². The van der Waals surface area contributed by atoms with Gasteiger partial charge in [-0.1, -0.05) is 18.2 Å². The smallest absolute Gasteiger partial charge is 0.123 e. The van der Waals surface area contributed by atoms with Crippen molar-refractivity contribution in [1.82, 2.24) is 0 Å². The molecule has 1 aliphatic heterocycles.